The lowest BCUT2D eigenvalue weighted by Crippen LogP contribution is -2.66. The maximum absolute atomic E-state index is 12.9. The number of ether oxygens (including phenoxy) is 4. The molecule has 12 nitrogen and oxygen atoms in total. The van der Waals surface area contributed by atoms with E-state index in [2.05, 4.69) is 16.1 Å². The van der Waals surface area contributed by atoms with Gasteiger partial charge in [-0.3, -0.25) is 0 Å². The summed E-state index contributed by atoms with van der Waals surface area (Å²) < 4.78 is 50.9. The third kappa shape index (κ3) is 12.6. The lowest BCUT2D eigenvalue weighted by Gasteiger charge is -2.43. The van der Waals surface area contributed by atoms with Gasteiger partial charge in [-0.2, -0.15) is 8.42 Å². The number of halogens is 6. The molecule has 1 aromatic carbocycles. The number of aliphatic hydroxyl groups is 1. The highest BCUT2D eigenvalue weighted by Gasteiger charge is 2.50. The summed E-state index contributed by atoms with van der Waals surface area (Å²) in [5.41, 5.74) is 0.0952. The number of hydrogen-bond acceptors (Lipinski definition) is 11. The zero-order valence-electron chi connectivity index (χ0n) is 20.1. The Labute approximate surface area is 259 Å². The predicted molar refractivity (Wildman–Crippen MR) is 146 cm³/mol. The van der Waals surface area contributed by atoms with Gasteiger partial charge in [0.1, 0.15) is 31.5 Å². The van der Waals surface area contributed by atoms with Crippen molar-refractivity contribution in [3.63, 3.8) is 0 Å². The van der Waals surface area contributed by atoms with Gasteiger partial charge in [0.25, 0.3) is 0 Å². The fourth-order valence-electron chi connectivity index (χ4n) is 3.07. The van der Waals surface area contributed by atoms with E-state index in [1.807, 2.05) is 0 Å². The number of hydrogen-bond donors (Lipinski definition) is 2. The zero-order chi connectivity index (χ0) is 30.1. The van der Waals surface area contributed by atoms with Crippen LogP contribution in [0, 0.1) is 0 Å². The first-order chi connectivity index (χ1) is 18.5. The molecule has 2 N–H and O–H groups in total. The van der Waals surface area contributed by atoms with Gasteiger partial charge >= 0.3 is 22.5 Å². The molecule has 1 amide bonds. The van der Waals surface area contributed by atoms with Gasteiger partial charge in [0.15, 0.2) is 12.4 Å². The van der Waals surface area contributed by atoms with Crippen LogP contribution in [-0.4, -0.2) is 90.2 Å². The number of alkyl carbamates (subject to hydrolysis) is 1. The molecule has 1 aromatic rings. The summed E-state index contributed by atoms with van der Waals surface area (Å²) in [5, 5.41) is 13.4. The van der Waals surface area contributed by atoms with Crippen molar-refractivity contribution in [2.75, 3.05) is 26.4 Å². The van der Waals surface area contributed by atoms with Crippen LogP contribution in [0.15, 0.2) is 43.0 Å². The Morgan fingerprint density at radius 3 is 2.25 bits per heavy atom. The Bertz CT molecular complexity index is 1100. The molecule has 19 heteroatoms. The largest absolute Gasteiger partial charge is 0.453 e. The Morgan fingerprint density at radius 2 is 1.68 bits per heavy atom. The molecule has 1 fully saturated rings. The van der Waals surface area contributed by atoms with E-state index in [1.54, 1.807) is 18.2 Å². The minimum absolute atomic E-state index is 0.0952. The normalized spacial score (nSPS) is 23.7. The first-order valence-corrected chi connectivity index (χ1v) is 14.5. The van der Waals surface area contributed by atoms with Gasteiger partial charge in [0.2, 0.25) is 7.59 Å². The molecular weight excluding hydrogens is 687 g/mol. The quantitative estimate of drug-likeness (QED) is 0.186. The van der Waals surface area contributed by atoms with E-state index in [1.165, 1.54) is 18.2 Å². The van der Waals surface area contributed by atoms with Gasteiger partial charge in [-0.1, -0.05) is 93.9 Å². The molecule has 1 aliphatic rings. The second kappa shape index (κ2) is 15.6. The first-order valence-electron chi connectivity index (χ1n) is 10.9. The van der Waals surface area contributed by atoms with Gasteiger partial charge in [0.05, 0.1) is 18.8 Å². The van der Waals surface area contributed by atoms with Crippen LogP contribution in [0.5, 0.6) is 0 Å². The monoisotopic (exact) mass is 707 g/mol. The summed E-state index contributed by atoms with van der Waals surface area (Å²) in [6.45, 7) is 0.952. The molecule has 1 aliphatic heterocycles. The summed E-state index contributed by atoms with van der Waals surface area (Å²) >= 11 is 33.3. The summed E-state index contributed by atoms with van der Waals surface area (Å²) in [6, 6.07) is 6.23. The van der Waals surface area contributed by atoms with Crippen molar-refractivity contribution in [1.29, 1.82) is 0 Å². The Balaban J connectivity index is 2.31. The van der Waals surface area contributed by atoms with E-state index in [0.29, 0.717) is 0 Å². The molecular formula is C21H23Cl6NO11S. The van der Waals surface area contributed by atoms with E-state index in [9.17, 15) is 23.1 Å². The second-order valence-corrected chi connectivity index (χ2v) is 14.1. The van der Waals surface area contributed by atoms with E-state index in [4.69, 9.17) is 92.7 Å². The van der Waals surface area contributed by atoms with Crippen molar-refractivity contribution in [1.82, 2.24) is 5.32 Å². The summed E-state index contributed by atoms with van der Waals surface area (Å²) in [4.78, 5) is 25.3. The fraction of sp³-hybridized carbons (Fsp3) is 0.524. The molecule has 0 unspecified atom stereocenters. The molecule has 0 spiro atoms. The molecule has 0 radical (unpaired) electrons. The van der Waals surface area contributed by atoms with Crippen LogP contribution < -0.4 is 5.32 Å². The van der Waals surface area contributed by atoms with Gasteiger partial charge in [-0.15, -0.1) is 6.58 Å². The maximum Gasteiger partial charge on any atom is 0.407 e. The van der Waals surface area contributed by atoms with Crippen LogP contribution in [0.25, 0.3) is 0 Å². The van der Waals surface area contributed by atoms with Crippen LogP contribution in [0.1, 0.15) is 10.4 Å². The standard InChI is InChI=1S/C21H23Cl6NO11S/c1-2-8-34-18-14(28-19(31)35-10-20(22,23)24)16(39-17(30)12-6-4-3-5-7-12)15(29)13(38-18)9-36-40(32,33)37-11-21(25,26)27/h2-7,13-16,18,29H,1,8-11H2,(H,28,31)/t13-,14-,15-,16-,18+/m1/s1. The molecule has 1 heterocycles. The van der Waals surface area contributed by atoms with E-state index < -0.39 is 80.5 Å². The average molecular weight is 710 g/mol. The highest BCUT2D eigenvalue weighted by Crippen LogP contribution is 2.29. The molecule has 5 atom stereocenters. The zero-order valence-corrected chi connectivity index (χ0v) is 25.4. The van der Waals surface area contributed by atoms with Crippen molar-refractivity contribution < 1.29 is 50.4 Å². The van der Waals surface area contributed by atoms with Crippen LogP contribution in [0.3, 0.4) is 0 Å². The third-order valence-corrected chi connectivity index (χ3v) is 6.19. The van der Waals surface area contributed by atoms with Crippen LogP contribution in [-0.2, 0) is 37.7 Å². The number of carbonyl (C=O) groups is 2. The molecule has 0 saturated carbocycles. The smallest absolute Gasteiger partial charge is 0.407 e. The van der Waals surface area contributed by atoms with Gasteiger partial charge in [-0.25, -0.2) is 18.0 Å². The number of alkyl halides is 6. The number of esters is 1. The number of benzene rings is 1. The van der Waals surface area contributed by atoms with Gasteiger partial charge in [0, 0.05) is 0 Å². The molecule has 40 heavy (non-hydrogen) atoms. The predicted octanol–water partition coefficient (Wildman–Crippen LogP) is 3.61. The molecule has 1 saturated heterocycles. The Hall–Kier alpha value is -0.810. The summed E-state index contributed by atoms with van der Waals surface area (Å²) in [5.74, 6) is -0.909. The maximum atomic E-state index is 12.9. The Morgan fingerprint density at radius 1 is 1.05 bits per heavy atom. The molecule has 0 bridgehead atoms. The van der Waals surface area contributed by atoms with E-state index in [-0.39, 0.29) is 12.2 Å². The highest BCUT2D eigenvalue weighted by molar-refractivity contribution is 7.81. The first kappa shape index (κ1) is 35.4. The van der Waals surface area contributed by atoms with Crippen molar-refractivity contribution in [2.45, 2.75) is 38.2 Å². The third-order valence-electron chi connectivity index (χ3n) is 4.70. The van der Waals surface area contributed by atoms with Crippen molar-refractivity contribution in [2.24, 2.45) is 0 Å². The number of nitrogens with one attached hydrogen (secondary N) is 1. The number of amides is 1. The topological polar surface area (TPSA) is 156 Å². The lowest BCUT2D eigenvalue weighted by atomic mass is 9.96. The minimum atomic E-state index is -4.75. The van der Waals surface area contributed by atoms with Crippen LogP contribution in [0.2, 0.25) is 0 Å². The summed E-state index contributed by atoms with van der Waals surface area (Å²) in [6.07, 6.45) is -6.25. The summed E-state index contributed by atoms with van der Waals surface area (Å²) in [7, 11) is -4.75. The van der Waals surface area contributed by atoms with Crippen LogP contribution >= 0.6 is 69.6 Å². The molecule has 0 aliphatic carbocycles. The van der Waals surface area contributed by atoms with Crippen molar-refractivity contribution >= 4 is 92.1 Å². The number of aliphatic hydroxyl groups excluding tert-OH is 1. The van der Waals surface area contributed by atoms with Crippen molar-refractivity contribution in [3.8, 4) is 0 Å². The Kier molecular flexibility index (Phi) is 13.8. The number of rotatable bonds is 12. The fourth-order valence-corrected chi connectivity index (χ4v) is 4.28. The van der Waals surface area contributed by atoms with E-state index in [0.717, 1.165) is 0 Å². The highest BCUT2D eigenvalue weighted by atomic mass is 35.6. The SMILES string of the molecule is C=CCO[C@H]1O[C@H](COS(=O)(=O)OCC(Cl)(Cl)Cl)[C@@H](O)[C@H](OC(=O)c2ccccc2)[C@H]1NC(=O)OCC(Cl)(Cl)Cl. The van der Waals surface area contributed by atoms with E-state index >= 15 is 0 Å². The van der Waals surface area contributed by atoms with Crippen molar-refractivity contribution in [3.05, 3.63) is 48.6 Å². The molecule has 0 aromatic heterocycles. The minimum Gasteiger partial charge on any atom is -0.453 e. The van der Waals surface area contributed by atoms with Crippen LogP contribution in [0.4, 0.5) is 4.79 Å². The average Bonchev–Trinajstić information content (AvgIpc) is 2.87. The van der Waals surface area contributed by atoms with Gasteiger partial charge < -0.3 is 29.4 Å². The van der Waals surface area contributed by atoms with Gasteiger partial charge in [-0.05, 0) is 12.1 Å². The lowest BCUT2D eigenvalue weighted by molar-refractivity contribution is -0.264. The number of carbonyl (C=O) groups excluding carboxylic acids is 2. The second-order valence-electron chi connectivity index (χ2n) is 7.82. The molecule has 226 valence electrons. The molecule has 2 rings (SSSR count).